The smallest absolute Gasteiger partial charge is 0.281 e. The normalized spacial score (nSPS) is 30.9. The van der Waals surface area contributed by atoms with Crippen LogP contribution in [-0.4, -0.2) is 74.3 Å². The summed E-state index contributed by atoms with van der Waals surface area (Å²) >= 11 is 0. The van der Waals surface area contributed by atoms with E-state index in [9.17, 15) is 8.42 Å². The number of hydrogen-bond donors (Lipinski definition) is 0. The van der Waals surface area contributed by atoms with Gasteiger partial charge < -0.3 is 4.74 Å². The van der Waals surface area contributed by atoms with Crippen molar-refractivity contribution in [3.63, 3.8) is 0 Å². The summed E-state index contributed by atoms with van der Waals surface area (Å²) in [6.45, 7) is 4.87. The van der Waals surface area contributed by atoms with Gasteiger partial charge in [-0.2, -0.15) is 17.0 Å². The van der Waals surface area contributed by atoms with Gasteiger partial charge in [0.1, 0.15) is 5.75 Å². The molecule has 0 aliphatic carbocycles. The summed E-state index contributed by atoms with van der Waals surface area (Å²) in [5.74, 6) is 1.73. The molecule has 4 rings (SSSR count). The molecule has 0 amide bonds. The van der Waals surface area contributed by atoms with E-state index in [1.807, 2.05) is 13.0 Å². The van der Waals surface area contributed by atoms with E-state index in [1.54, 1.807) is 18.5 Å². The second-order valence-electron chi connectivity index (χ2n) is 8.92. The number of rotatable bonds is 6. The zero-order valence-corrected chi connectivity index (χ0v) is 18.8. The first-order valence-corrected chi connectivity index (χ1v) is 12.4. The van der Waals surface area contributed by atoms with Crippen LogP contribution in [-0.2, 0) is 16.6 Å². The number of benzene rings is 1. The molecular formula is C22H35N3O3S. The third-order valence-electron chi connectivity index (χ3n) is 7.33. The second-order valence-corrected chi connectivity index (χ2v) is 11.0. The van der Waals surface area contributed by atoms with E-state index < -0.39 is 10.2 Å². The first kappa shape index (κ1) is 21.1. The Morgan fingerprint density at radius 1 is 1.21 bits per heavy atom. The Morgan fingerprint density at radius 2 is 2.00 bits per heavy atom. The van der Waals surface area contributed by atoms with Crippen LogP contribution in [0.15, 0.2) is 24.3 Å². The highest BCUT2D eigenvalue weighted by Crippen LogP contribution is 2.43. The fourth-order valence-corrected chi connectivity index (χ4v) is 7.22. The quantitative estimate of drug-likeness (QED) is 0.709. The van der Waals surface area contributed by atoms with Crippen molar-refractivity contribution < 1.29 is 13.2 Å². The Kier molecular flexibility index (Phi) is 6.21. The molecule has 29 heavy (non-hydrogen) atoms. The molecule has 162 valence electrons. The maximum absolute atomic E-state index is 13.1. The molecule has 3 heterocycles. The molecule has 6 nitrogen and oxygen atoms in total. The van der Waals surface area contributed by atoms with Gasteiger partial charge in [-0.1, -0.05) is 25.5 Å². The number of nitrogens with zero attached hydrogens (tertiary/aromatic N) is 3. The lowest BCUT2D eigenvalue weighted by Crippen LogP contribution is -2.65. The highest BCUT2D eigenvalue weighted by Gasteiger charge is 2.49. The predicted molar refractivity (Wildman–Crippen MR) is 115 cm³/mol. The number of ether oxygens (including phenoxy) is 1. The maximum Gasteiger partial charge on any atom is 0.281 e. The van der Waals surface area contributed by atoms with Gasteiger partial charge in [-0.3, -0.25) is 4.90 Å². The van der Waals surface area contributed by atoms with Gasteiger partial charge >= 0.3 is 0 Å². The van der Waals surface area contributed by atoms with Gasteiger partial charge in [0.15, 0.2) is 0 Å². The molecule has 0 saturated carbocycles. The van der Waals surface area contributed by atoms with Gasteiger partial charge in [0.05, 0.1) is 7.11 Å². The number of methoxy groups -OCH3 is 1. The number of fused-ring (bicyclic) bond motifs is 4. The minimum Gasteiger partial charge on any atom is -0.497 e. The Labute approximate surface area is 176 Å². The van der Waals surface area contributed by atoms with Crippen molar-refractivity contribution in [2.24, 2.45) is 11.8 Å². The van der Waals surface area contributed by atoms with E-state index in [2.05, 4.69) is 23.1 Å². The largest absolute Gasteiger partial charge is 0.497 e. The molecule has 3 aliphatic heterocycles. The third-order valence-corrected chi connectivity index (χ3v) is 9.33. The molecular weight excluding hydrogens is 386 g/mol. The molecule has 2 bridgehead atoms. The molecule has 0 unspecified atom stereocenters. The van der Waals surface area contributed by atoms with Crippen molar-refractivity contribution in [2.45, 2.75) is 51.1 Å². The van der Waals surface area contributed by atoms with Gasteiger partial charge in [0.2, 0.25) is 0 Å². The average molecular weight is 422 g/mol. The Balaban J connectivity index is 1.61. The van der Waals surface area contributed by atoms with E-state index in [1.165, 1.54) is 29.1 Å². The fraction of sp³-hybridized carbons (Fsp3) is 0.727. The molecule has 0 radical (unpaired) electrons. The molecule has 3 aliphatic rings. The van der Waals surface area contributed by atoms with Crippen molar-refractivity contribution in [3.8, 4) is 5.75 Å². The zero-order valence-electron chi connectivity index (χ0n) is 18.0. The standard InChI is InChI=1S/C22H35N3O3S/c1-4-23(2)29(26,27)24-15-18-14-19(16-24)22(25-11-6-5-10-21(18)25)13-17-8-7-9-20(12-17)28-3/h7-9,12,18-19,21-22H,4-6,10-11,13-16H2,1-3H3/t18-,19+,21+,22+/m1/s1. The summed E-state index contributed by atoms with van der Waals surface area (Å²) < 4.78 is 34.8. The first-order chi connectivity index (χ1) is 13.9. The van der Waals surface area contributed by atoms with Gasteiger partial charge in [-0.15, -0.1) is 0 Å². The second kappa shape index (κ2) is 8.53. The van der Waals surface area contributed by atoms with E-state index in [4.69, 9.17) is 4.74 Å². The highest BCUT2D eigenvalue weighted by molar-refractivity contribution is 7.86. The van der Waals surface area contributed by atoms with Crippen molar-refractivity contribution in [1.29, 1.82) is 0 Å². The van der Waals surface area contributed by atoms with Crippen LogP contribution in [0, 0.1) is 11.8 Å². The molecule has 3 saturated heterocycles. The minimum atomic E-state index is -3.37. The van der Waals surface area contributed by atoms with Crippen molar-refractivity contribution in [2.75, 3.05) is 40.3 Å². The zero-order chi connectivity index (χ0) is 20.6. The summed E-state index contributed by atoms with van der Waals surface area (Å²) in [4.78, 5) is 2.73. The van der Waals surface area contributed by atoms with Crippen LogP contribution in [0.25, 0.3) is 0 Å². The third kappa shape index (κ3) is 4.07. The topological polar surface area (TPSA) is 53.1 Å². The van der Waals surface area contributed by atoms with Crippen molar-refractivity contribution >= 4 is 10.2 Å². The summed E-state index contributed by atoms with van der Waals surface area (Å²) in [5.41, 5.74) is 1.28. The van der Waals surface area contributed by atoms with Crippen LogP contribution in [0.5, 0.6) is 5.75 Å². The Morgan fingerprint density at radius 3 is 2.76 bits per heavy atom. The number of piperidine rings is 3. The maximum atomic E-state index is 13.1. The molecule has 1 aromatic carbocycles. The van der Waals surface area contributed by atoms with Crippen LogP contribution in [0.4, 0.5) is 0 Å². The van der Waals surface area contributed by atoms with Crippen LogP contribution in [0.1, 0.15) is 38.2 Å². The van der Waals surface area contributed by atoms with E-state index in [0.717, 1.165) is 25.1 Å². The van der Waals surface area contributed by atoms with Crippen LogP contribution in [0.3, 0.4) is 0 Å². The van der Waals surface area contributed by atoms with Crippen molar-refractivity contribution in [1.82, 2.24) is 13.5 Å². The molecule has 0 N–H and O–H groups in total. The lowest BCUT2D eigenvalue weighted by molar-refractivity contribution is -0.0557. The van der Waals surface area contributed by atoms with E-state index in [0.29, 0.717) is 43.6 Å². The average Bonchev–Trinajstić information content (AvgIpc) is 2.76. The molecule has 0 spiro atoms. The van der Waals surface area contributed by atoms with Crippen LogP contribution in [0.2, 0.25) is 0 Å². The molecule has 0 aromatic heterocycles. The first-order valence-electron chi connectivity index (χ1n) is 11.0. The van der Waals surface area contributed by atoms with Gasteiger partial charge in [-0.05, 0) is 61.8 Å². The lowest BCUT2D eigenvalue weighted by atomic mass is 9.71. The predicted octanol–water partition coefficient (Wildman–Crippen LogP) is 2.61. The Hall–Kier alpha value is -1.15. The van der Waals surface area contributed by atoms with E-state index in [-0.39, 0.29) is 0 Å². The highest BCUT2D eigenvalue weighted by atomic mass is 32.2. The summed E-state index contributed by atoms with van der Waals surface area (Å²) in [7, 11) is 0.0315. The number of hydrogen-bond acceptors (Lipinski definition) is 4. The molecule has 7 heteroatoms. The summed E-state index contributed by atoms with van der Waals surface area (Å²) in [6, 6.07) is 9.26. The monoisotopic (exact) mass is 421 g/mol. The Bertz CT molecular complexity index is 815. The lowest BCUT2D eigenvalue weighted by Gasteiger charge is -2.56. The van der Waals surface area contributed by atoms with E-state index >= 15 is 0 Å². The summed E-state index contributed by atoms with van der Waals surface area (Å²) in [6.07, 6.45) is 5.82. The summed E-state index contributed by atoms with van der Waals surface area (Å²) in [5, 5.41) is 0. The van der Waals surface area contributed by atoms with Crippen LogP contribution < -0.4 is 4.74 Å². The van der Waals surface area contributed by atoms with Crippen LogP contribution >= 0.6 is 0 Å². The van der Waals surface area contributed by atoms with Crippen molar-refractivity contribution in [3.05, 3.63) is 29.8 Å². The molecule has 1 aromatic rings. The molecule has 4 atom stereocenters. The SMILES string of the molecule is CCN(C)S(=O)(=O)N1C[C@H]2C[C@@H](C1)[C@H](Cc1cccc(OC)c1)N1CCCC[C@@H]21. The minimum absolute atomic E-state index is 0.384. The van der Waals surface area contributed by atoms with Gasteiger partial charge in [0, 0.05) is 38.8 Å². The fourth-order valence-electron chi connectivity index (χ4n) is 5.74. The van der Waals surface area contributed by atoms with Gasteiger partial charge in [0.25, 0.3) is 10.2 Å². The van der Waals surface area contributed by atoms with Gasteiger partial charge in [-0.25, -0.2) is 0 Å². The molecule has 3 fully saturated rings.